The topological polar surface area (TPSA) is 79.8 Å². The molecule has 0 aliphatic rings. The molecule has 0 spiro atoms. The molecule has 0 saturated heterocycles. The van der Waals surface area contributed by atoms with E-state index in [0.29, 0.717) is 10.6 Å². The van der Waals surface area contributed by atoms with E-state index in [-0.39, 0.29) is 23.9 Å². The Labute approximate surface area is 234 Å². The zero-order valence-electron chi connectivity index (χ0n) is 22.6. The van der Waals surface area contributed by atoms with Crippen LogP contribution in [0.2, 0.25) is 23.2 Å². The maximum Gasteiger partial charge on any atom is 0.415 e. The lowest BCUT2D eigenvalue weighted by Gasteiger charge is -2.39. The second kappa shape index (κ2) is 10.9. The van der Waals surface area contributed by atoms with Crippen LogP contribution in [0.25, 0.3) is 17.1 Å². The molecule has 4 rings (SSSR count). The second-order valence-corrected chi connectivity index (χ2v) is 16.0. The molecular weight excluding hydrogens is 568 g/mol. The molecule has 2 aromatic carbocycles. The molecule has 0 unspecified atom stereocenters. The minimum Gasteiger partial charge on any atom is -0.404 e. The lowest BCUT2D eigenvalue weighted by atomic mass is 10.2. The third kappa shape index (κ3) is 6.37. The smallest absolute Gasteiger partial charge is 0.404 e. The van der Waals surface area contributed by atoms with Crippen LogP contribution >= 0.6 is 11.6 Å². The zero-order valence-corrected chi connectivity index (χ0v) is 24.3. The molecule has 0 aliphatic heterocycles. The molecule has 0 saturated carbocycles. The van der Waals surface area contributed by atoms with Gasteiger partial charge in [-0.2, -0.15) is 13.2 Å². The molecule has 2 heterocycles. The molecule has 40 heavy (non-hydrogen) atoms. The quantitative estimate of drug-likeness (QED) is 0.182. The number of hydrogen-bond donors (Lipinski definition) is 0. The largest absolute Gasteiger partial charge is 0.415 e. The summed E-state index contributed by atoms with van der Waals surface area (Å²) in [4.78, 5) is 17.6. The van der Waals surface area contributed by atoms with E-state index < -0.39 is 43.7 Å². The van der Waals surface area contributed by atoms with Crippen LogP contribution in [-0.2, 0) is 17.5 Å². The standard InChI is InChI=1S/C26H29ClF4N6O2Si/c1-25(2,3)40(4,5)39-21(26(29,30)31)14-35-23(17-10-12-18(27)13-11-17)34-36(24(35)38)15-22-32-16-37(33-22)20-9-7-6-8-19(20)28/h6-13,16,21H,14-15H2,1-5H3/t21-/m0/s1. The van der Waals surface area contributed by atoms with E-state index >= 15 is 0 Å². The van der Waals surface area contributed by atoms with Crippen LogP contribution in [0.4, 0.5) is 17.6 Å². The van der Waals surface area contributed by atoms with Crippen LogP contribution in [0.3, 0.4) is 0 Å². The average Bonchev–Trinajstić information content (AvgIpc) is 3.43. The van der Waals surface area contributed by atoms with E-state index in [2.05, 4.69) is 15.2 Å². The van der Waals surface area contributed by atoms with Gasteiger partial charge in [-0.1, -0.05) is 44.5 Å². The molecule has 0 fully saturated rings. The van der Waals surface area contributed by atoms with Crippen LogP contribution in [0.15, 0.2) is 59.7 Å². The van der Waals surface area contributed by atoms with E-state index in [1.807, 2.05) is 20.8 Å². The van der Waals surface area contributed by atoms with Crippen molar-refractivity contribution in [2.75, 3.05) is 0 Å². The normalized spacial score (nSPS) is 13.6. The number of para-hydroxylation sites is 1. The average molecular weight is 597 g/mol. The van der Waals surface area contributed by atoms with Crippen molar-refractivity contribution in [3.05, 3.63) is 82.0 Å². The fourth-order valence-corrected chi connectivity index (χ4v) is 5.08. The van der Waals surface area contributed by atoms with Crippen LogP contribution in [-0.4, -0.2) is 49.7 Å². The van der Waals surface area contributed by atoms with Crippen molar-refractivity contribution in [1.29, 1.82) is 0 Å². The SMILES string of the molecule is CC(C)(C)[Si](C)(C)O[C@@H](Cn1c(-c2ccc(Cl)cc2)nn(Cc2ncn(-c3ccccc3F)n2)c1=O)C(F)(F)F. The van der Waals surface area contributed by atoms with E-state index in [1.54, 1.807) is 43.4 Å². The first-order chi connectivity index (χ1) is 18.6. The Bertz CT molecular complexity index is 1540. The Kier molecular flexibility index (Phi) is 8.12. The van der Waals surface area contributed by atoms with E-state index in [9.17, 15) is 22.4 Å². The summed E-state index contributed by atoms with van der Waals surface area (Å²) < 4.78 is 65.9. The van der Waals surface area contributed by atoms with Gasteiger partial charge in [0.2, 0.25) is 0 Å². The summed E-state index contributed by atoms with van der Waals surface area (Å²) in [6.45, 7) is 7.89. The Morgan fingerprint density at radius 2 is 1.68 bits per heavy atom. The molecule has 0 amide bonds. The van der Waals surface area contributed by atoms with Crippen molar-refractivity contribution in [2.45, 2.75) is 64.3 Å². The molecule has 0 aliphatic carbocycles. The number of aromatic nitrogens is 6. The van der Waals surface area contributed by atoms with Crippen molar-refractivity contribution in [1.82, 2.24) is 29.1 Å². The molecule has 8 nitrogen and oxygen atoms in total. The molecule has 0 radical (unpaired) electrons. The summed E-state index contributed by atoms with van der Waals surface area (Å²) in [6, 6.07) is 12.2. The van der Waals surface area contributed by atoms with Crippen LogP contribution in [0, 0.1) is 5.82 Å². The van der Waals surface area contributed by atoms with E-state index in [1.165, 1.54) is 29.2 Å². The van der Waals surface area contributed by atoms with Gasteiger partial charge in [0, 0.05) is 10.6 Å². The highest BCUT2D eigenvalue weighted by atomic mass is 35.5. The predicted octanol–water partition coefficient (Wildman–Crippen LogP) is 6.09. The fraction of sp³-hybridized carbons (Fsp3) is 0.385. The van der Waals surface area contributed by atoms with Crippen LogP contribution in [0.5, 0.6) is 0 Å². The second-order valence-electron chi connectivity index (χ2n) is 10.8. The monoisotopic (exact) mass is 596 g/mol. The van der Waals surface area contributed by atoms with Gasteiger partial charge < -0.3 is 4.43 Å². The lowest BCUT2D eigenvalue weighted by molar-refractivity contribution is -0.202. The van der Waals surface area contributed by atoms with Gasteiger partial charge in [-0.25, -0.2) is 23.5 Å². The summed E-state index contributed by atoms with van der Waals surface area (Å²) in [5, 5.41) is 8.47. The number of alkyl halides is 3. The highest BCUT2D eigenvalue weighted by Gasteiger charge is 2.48. The minimum atomic E-state index is -4.74. The molecule has 0 N–H and O–H groups in total. The van der Waals surface area contributed by atoms with Gasteiger partial charge in [0.1, 0.15) is 24.4 Å². The number of nitrogens with zero attached hydrogens (tertiary/aromatic N) is 6. The lowest BCUT2D eigenvalue weighted by Crippen LogP contribution is -2.50. The van der Waals surface area contributed by atoms with Crippen molar-refractivity contribution in [3.63, 3.8) is 0 Å². The number of rotatable bonds is 8. The highest BCUT2D eigenvalue weighted by Crippen LogP contribution is 2.40. The van der Waals surface area contributed by atoms with Crippen LogP contribution < -0.4 is 5.69 Å². The molecule has 2 aromatic heterocycles. The highest BCUT2D eigenvalue weighted by molar-refractivity contribution is 6.74. The summed E-state index contributed by atoms with van der Waals surface area (Å²) >= 11 is 6.00. The van der Waals surface area contributed by atoms with Gasteiger partial charge in [-0.15, -0.1) is 10.2 Å². The van der Waals surface area contributed by atoms with Crippen molar-refractivity contribution in [3.8, 4) is 17.1 Å². The van der Waals surface area contributed by atoms with Crippen molar-refractivity contribution < 1.29 is 22.0 Å². The summed E-state index contributed by atoms with van der Waals surface area (Å²) in [5.74, 6) is -0.406. The van der Waals surface area contributed by atoms with Gasteiger partial charge in [-0.3, -0.25) is 4.57 Å². The van der Waals surface area contributed by atoms with E-state index in [4.69, 9.17) is 16.0 Å². The van der Waals surface area contributed by atoms with Gasteiger partial charge in [0.25, 0.3) is 0 Å². The van der Waals surface area contributed by atoms with Gasteiger partial charge in [0.15, 0.2) is 26.1 Å². The predicted molar refractivity (Wildman–Crippen MR) is 145 cm³/mol. The Morgan fingerprint density at radius 3 is 2.27 bits per heavy atom. The Balaban J connectivity index is 1.74. The Hall–Kier alpha value is -3.29. The zero-order chi connectivity index (χ0) is 29.5. The molecule has 14 heteroatoms. The molecule has 0 bridgehead atoms. The molecule has 4 aromatic rings. The number of hydrogen-bond acceptors (Lipinski definition) is 5. The van der Waals surface area contributed by atoms with Gasteiger partial charge >= 0.3 is 11.9 Å². The minimum absolute atomic E-state index is 0.00304. The summed E-state index contributed by atoms with van der Waals surface area (Å²) in [6.07, 6.45) is -5.70. The van der Waals surface area contributed by atoms with Crippen molar-refractivity contribution >= 4 is 19.9 Å². The first-order valence-electron chi connectivity index (χ1n) is 12.4. The maximum absolute atomic E-state index is 14.3. The van der Waals surface area contributed by atoms with Gasteiger partial charge in [0.05, 0.1) is 6.54 Å². The van der Waals surface area contributed by atoms with Gasteiger partial charge in [-0.05, 0) is 54.5 Å². The molecular formula is C26H29ClF4N6O2Si. The fourth-order valence-electron chi connectivity index (χ4n) is 3.68. The summed E-state index contributed by atoms with van der Waals surface area (Å²) in [7, 11) is -2.87. The van der Waals surface area contributed by atoms with Crippen LogP contribution in [0.1, 0.15) is 26.6 Å². The number of benzene rings is 2. The maximum atomic E-state index is 14.3. The number of halogens is 5. The molecule has 214 valence electrons. The summed E-state index contributed by atoms with van der Waals surface area (Å²) in [5.41, 5.74) is -0.268. The first-order valence-corrected chi connectivity index (χ1v) is 15.7. The first kappa shape index (κ1) is 29.7. The van der Waals surface area contributed by atoms with E-state index in [0.717, 1.165) is 9.25 Å². The third-order valence-corrected chi connectivity index (χ3v) is 11.6. The molecule has 1 atom stereocenters. The Morgan fingerprint density at radius 1 is 1.02 bits per heavy atom. The van der Waals surface area contributed by atoms with Crippen molar-refractivity contribution in [2.24, 2.45) is 0 Å². The third-order valence-electron chi connectivity index (χ3n) is 6.91.